The molecule has 0 spiro atoms. The van der Waals surface area contributed by atoms with Crippen LogP contribution in [0.25, 0.3) is 10.9 Å². The maximum Gasteiger partial charge on any atom is 0.253 e. The van der Waals surface area contributed by atoms with Crippen LogP contribution in [-0.2, 0) is 13.1 Å². The zero-order valence-electron chi connectivity index (χ0n) is 19.4. The number of aromatic amines is 1. The van der Waals surface area contributed by atoms with Crippen molar-refractivity contribution in [1.29, 1.82) is 0 Å². The Balaban J connectivity index is 1.47. The molecule has 35 heavy (non-hydrogen) atoms. The molecular weight excluding hydrogens is 465 g/mol. The molecule has 0 saturated heterocycles. The fourth-order valence-electron chi connectivity index (χ4n) is 4.09. The third-order valence-electron chi connectivity index (χ3n) is 6.18. The monoisotopic (exact) mass is 489 g/mol. The summed E-state index contributed by atoms with van der Waals surface area (Å²) in [5.41, 5.74) is 5.04. The molecule has 1 aliphatic rings. The zero-order valence-corrected chi connectivity index (χ0v) is 20.2. The Labute approximate surface area is 207 Å². The van der Waals surface area contributed by atoms with E-state index in [-0.39, 0.29) is 24.7 Å². The lowest BCUT2D eigenvalue weighted by molar-refractivity contribution is 0.174. The summed E-state index contributed by atoms with van der Waals surface area (Å²) in [6, 6.07) is 17.7. The molecule has 0 fully saturated rings. The first-order valence-electron chi connectivity index (χ1n) is 11.2. The van der Waals surface area contributed by atoms with Gasteiger partial charge in [-0.2, -0.15) is 0 Å². The summed E-state index contributed by atoms with van der Waals surface area (Å²) < 4.78 is 24.3. The van der Waals surface area contributed by atoms with Crippen LogP contribution in [0.4, 0.5) is 10.1 Å². The number of hydrogen-bond acceptors (Lipinski definition) is 4. The van der Waals surface area contributed by atoms with Gasteiger partial charge in [0.2, 0.25) is 6.79 Å². The van der Waals surface area contributed by atoms with E-state index in [1.54, 1.807) is 12.1 Å². The van der Waals surface area contributed by atoms with Crippen molar-refractivity contribution in [2.24, 2.45) is 0 Å². The molecule has 0 saturated carbocycles. The smallest absolute Gasteiger partial charge is 0.253 e. The SMILES string of the molecule is Cc1ccc2cc(CN(Cc3ccc4c(c3)OCO4)C(=S)Nc3ccc(F)cc3)c(=O)[nH]c2c1C. The van der Waals surface area contributed by atoms with Crippen molar-refractivity contribution in [2.45, 2.75) is 26.9 Å². The van der Waals surface area contributed by atoms with Gasteiger partial charge in [-0.05, 0) is 90.6 Å². The Morgan fingerprint density at radius 3 is 2.60 bits per heavy atom. The Hall–Kier alpha value is -3.91. The van der Waals surface area contributed by atoms with Gasteiger partial charge < -0.3 is 24.7 Å². The van der Waals surface area contributed by atoms with Gasteiger partial charge in [0, 0.05) is 17.8 Å². The second kappa shape index (κ2) is 9.38. The normalized spacial score (nSPS) is 12.1. The maximum absolute atomic E-state index is 13.4. The molecule has 0 aliphatic carbocycles. The first-order valence-corrected chi connectivity index (χ1v) is 11.6. The fourth-order valence-corrected chi connectivity index (χ4v) is 4.34. The van der Waals surface area contributed by atoms with E-state index in [9.17, 15) is 9.18 Å². The van der Waals surface area contributed by atoms with Crippen LogP contribution in [-0.4, -0.2) is 21.8 Å². The summed E-state index contributed by atoms with van der Waals surface area (Å²) in [4.78, 5) is 18.0. The van der Waals surface area contributed by atoms with Gasteiger partial charge in [0.25, 0.3) is 5.56 Å². The van der Waals surface area contributed by atoms with Crippen molar-refractivity contribution >= 4 is 33.9 Å². The largest absolute Gasteiger partial charge is 0.454 e. The van der Waals surface area contributed by atoms with Gasteiger partial charge in [-0.25, -0.2) is 4.39 Å². The van der Waals surface area contributed by atoms with Gasteiger partial charge in [0.05, 0.1) is 12.1 Å². The number of pyridine rings is 1. The molecule has 3 aromatic carbocycles. The molecule has 0 atom stereocenters. The molecule has 1 aromatic heterocycles. The number of rotatable bonds is 5. The number of halogens is 1. The fraction of sp³-hybridized carbons (Fsp3) is 0.185. The molecule has 5 rings (SSSR count). The summed E-state index contributed by atoms with van der Waals surface area (Å²) in [6.07, 6.45) is 0. The topological polar surface area (TPSA) is 66.6 Å². The molecule has 2 heterocycles. The van der Waals surface area contributed by atoms with E-state index >= 15 is 0 Å². The van der Waals surface area contributed by atoms with Crippen LogP contribution in [0.2, 0.25) is 0 Å². The summed E-state index contributed by atoms with van der Waals surface area (Å²) in [5, 5.41) is 4.53. The number of fused-ring (bicyclic) bond motifs is 2. The number of nitrogens with zero attached hydrogens (tertiary/aromatic N) is 1. The summed E-state index contributed by atoms with van der Waals surface area (Å²) in [7, 11) is 0. The minimum absolute atomic E-state index is 0.161. The summed E-state index contributed by atoms with van der Waals surface area (Å²) >= 11 is 5.72. The first-order chi connectivity index (χ1) is 16.9. The van der Waals surface area contributed by atoms with Gasteiger partial charge in [-0.3, -0.25) is 4.79 Å². The van der Waals surface area contributed by atoms with Crippen molar-refractivity contribution in [1.82, 2.24) is 9.88 Å². The van der Waals surface area contributed by atoms with E-state index in [4.69, 9.17) is 21.7 Å². The average Bonchev–Trinajstić information content (AvgIpc) is 3.31. The zero-order chi connectivity index (χ0) is 24.5. The van der Waals surface area contributed by atoms with E-state index in [1.165, 1.54) is 12.1 Å². The second-order valence-electron chi connectivity index (χ2n) is 8.58. The molecule has 178 valence electrons. The third-order valence-corrected chi connectivity index (χ3v) is 6.54. The van der Waals surface area contributed by atoms with Crippen LogP contribution in [0, 0.1) is 19.7 Å². The Kier molecular flexibility index (Phi) is 6.13. The molecule has 0 unspecified atom stereocenters. The molecule has 0 amide bonds. The Morgan fingerprint density at radius 2 is 1.80 bits per heavy atom. The van der Waals surface area contributed by atoms with Gasteiger partial charge in [-0.15, -0.1) is 0 Å². The lowest BCUT2D eigenvalue weighted by Crippen LogP contribution is -2.35. The Bertz CT molecular complexity index is 1480. The number of hydrogen-bond donors (Lipinski definition) is 2. The van der Waals surface area contributed by atoms with E-state index in [2.05, 4.69) is 10.3 Å². The molecule has 2 N–H and O–H groups in total. The number of ether oxygens (including phenoxy) is 2. The summed E-state index contributed by atoms with van der Waals surface area (Å²) in [6.45, 7) is 4.92. The highest BCUT2D eigenvalue weighted by atomic mass is 32.1. The van der Waals surface area contributed by atoms with E-state index in [0.29, 0.717) is 34.4 Å². The van der Waals surface area contributed by atoms with Crippen molar-refractivity contribution in [3.8, 4) is 11.5 Å². The van der Waals surface area contributed by atoms with Gasteiger partial charge in [0.1, 0.15) is 5.82 Å². The Morgan fingerprint density at radius 1 is 1.03 bits per heavy atom. The number of anilines is 1. The van der Waals surface area contributed by atoms with Crippen LogP contribution < -0.4 is 20.3 Å². The van der Waals surface area contributed by atoms with Crippen LogP contribution >= 0.6 is 12.2 Å². The van der Waals surface area contributed by atoms with Gasteiger partial charge >= 0.3 is 0 Å². The quantitative estimate of drug-likeness (QED) is 0.366. The van der Waals surface area contributed by atoms with Crippen molar-refractivity contribution in [3.63, 3.8) is 0 Å². The van der Waals surface area contributed by atoms with Crippen molar-refractivity contribution < 1.29 is 13.9 Å². The predicted molar refractivity (Wildman–Crippen MR) is 138 cm³/mol. The molecule has 6 nitrogen and oxygen atoms in total. The first kappa shape index (κ1) is 22.9. The predicted octanol–water partition coefficient (Wildman–Crippen LogP) is 5.41. The number of thiocarbonyl (C=S) groups is 1. The van der Waals surface area contributed by atoms with Crippen molar-refractivity contribution in [3.05, 3.63) is 99.1 Å². The number of nitrogens with one attached hydrogen (secondary N) is 2. The average molecular weight is 490 g/mol. The summed E-state index contributed by atoms with van der Waals surface area (Å²) in [5.74, 6) is 1.05. The number of H-pyrrole nitrogens is 1. The van der Waals surface area contributed by atoms with Gasteiger partial charge in [-0.1, -0.05) is 18.2 Å². The minimum Gasteiger partial charge on any atom is -0.454 e. The maximum atomic E-state index is 13.4. The number of benzene rings is 3. The highest BCUT2D eigenvalue weighted by Gasteiger charge is 2.18. The molecule has 1 aliphatic heterocycles. The van der Waals surface area contributed by atoms with Crippen LogP contribution in [0.15, 0.2) is 65.5 Å². The second-order valence-corrected chi connectivity index (χ2v) is 8.96. The van der Waals surface area contributed by atoms with Gasteiger partial charge in [0.15, 0.2) is 16.6 Å². The minimum atomic E-state index is -0.327. The van der Waals surface area contributed by atoms with Crippen LogP contribution in [0.3, 0.4) is 0 Å². The third kappa shape index (κ3) is 4.83. The van der Waals surface area contributed by atoms with E-state index in [1.807, 2.05) is 55.1 Å². The molecule has 0 bridgehead atoms. The van der Waals surface area contributed by atoms with Crippen LogP contribution in [0.1, 0.15) is 22.3 Å². The van der Waals surface area contributed by atoms with Crippen molar-refractivity contribution in [2.75, 3.05) is 12.1 Å². The molecular formula is C27H24FN3O3S. The number of aryl methyl sites for hydroxylation is 2. The highest BCUT2D eigenvalue weighted by Crippen LogP contribution is 2.33. The molecule has 8 heteroatoms. The van der Waals surface area contributed by atoms with Crippen LogP contribution in [0.5, 0.6) is 11.5 Å². The molecule has 0 radical (unpaired) electrons. The molecule has 4 aromatic rings. The lowest BCUT2D eigenvalue weighted by Gasteiger charge is -2.26. The highest BCUT2D eigenvalue weighted by molar-refractivity contribution is 7.80. The van der Waals surface area contributed by atoms with E-state index in [0.717, 1.165) is 27.6 Å². The standard InChI is InChI=1S/C27H24FN3O3S/c1-16-3-5-19-12-20(26(32)30-25(19)17(16)2)14-31(27(35)29-22-8-6-21(28)7-9-22)13-18-4-10-23-24(11-18)34-15-33-23/h3-12H,13-15H2,1-2H3,(H,29,35)(H,30,32). The van der Waals surface area contributed by atoms with E-state index < -0.39 is 0 Å². The number of aromatic nitrogens is 1. The lowest BCUT2D eigenvalue weighted by atomic mass is 10.0.